The van der Waals surface area contributed by atoms with Crippen molar-refractivity contribution in [3.05, 3.63) is 48.5 Å². The Balaban J connectivity index is 0.000000284. The molecular weight excluding hydrogens is 216 g/mol. The fraction of sp³-hybridized carbons (Fsp3) is 0.0769. The van der Waals surface area contributed by atoms with Gasteiger partial charge < -0.3 is 21.7 Å². The zero-order valence-corrected chi connectivity index (χ0v) is 8.67. The normalized spacial score (nSPS) is 8.47. The first kappa shape index (κ1) is 14.6. The third-order valence-corrected chi connectivity index (χ3v) is 1.87. The van der Waals surface area contributed by atoms with Crippen molar-refractivity contribution in [1.82, 2.24) is 0 Å². The van der Waals surface area contributed by atoms with Crippen LogP contribution in [0, 0.1) is 0 Å². The number of para-hydroxylation sites is 4. The van der Waals surface area contributed by atoms with Gasteiger partial charge in [0.05, 0.1) is 11.4 Å². The molecule has 0 saturated heterocycles. The second-order valence-electron chi connectivity index (χ2n) is 3.12. The highest BCUT2D eigenvalue weighted by molar-refractivity contribution is 5.51. The molecule has 4 heteroatoms. The van der Waals surface area contributed by atoms with Gasteiger partial charge in [0.1, 0.15) is 11.5 Å². The molecule has 0 amide bonds. The molecule has 0 aliphatic heterocycles. The van der Waals surface area contributed by atoms with Gasteiger partial charge >= 0.3 is 0 Å². The van der Waals surface area contributed by atoms with Gasteiger partial charge in [-0.1, -0.05) is 31.7 Å². The number of aromatic hydroxyl groups is 2. The largest absolute Gasteiger partial charge is 0.506 e. The molecule has 0 unspecified atom stereocenters. The molecule has 17 heavy (non-hydrogen) atoms. The molecule has 6 N–H and O–H groups in total. The van der Waals surface area contributed by atoms with Crippen molar-refractivity contribution in [1.29, 1.82) is 0 Å². The highest BCUT2D eigenvalue weighted by Crippen LogP contribution is 2.16. The number of rotatable bonds is 0. The molecule has 0 saturated carbocycles. The Morgan fingerprint density at radius 2 is 0.941 bits per heavy atom. The van der Waals surface area contributed by atoms with Gasteiger partial charge in [-0.25, -0.2) is 0 Å². The minimum atomic E-state index is 0. The van der Waals surface area contributed by atoms with Crippen LogP contribution in [0.15, 0.2) is 48.5 Å². The zero-order valence-electron chi connectivity index (χ0n) is 8.67. The lowest BCUT2D eigenvalue weighted by molar-refractivity contribution is 0.477. The molecule has 0 spiro atoms. The van der Waals surface area contributed by atoms with Crippen molar-refractivity contribution in [2.45, 2.75) is 7.43 Å². The summed E-state index contributed by atoms with van der Waals surface area (Å²) in [7, 11) is 0. The van der Waals surface area contributed by atoms with Gasteiger partial charge in [0.25, 0.3) is 0 Å². The van der Waals surface area contributed by atoms with Crippen LogP contribution in [0.5, 0.6) is 11.5 Å². The van der Waals surface area contributed by atoms with Crippen molar-refractivity contribution in [2.75, 3.05) is 11.5 Å². The zero-order chi connectivity index (χ0) is 12.0. The maximum atomic E-state index is 8.79. The van der Waals surface area contributed by atoms with Gasteiger partial charge in [-0.3, -0.25) is 0 Å². The first-order valence-corrected chi connectivity index (χ1v) is 4.68. The smallest absolute Gasteiger partial charge is 0.138 e. The van der Waals surface area contributed by atoms with E-state index in [1.807, 2.05) is 0 Å². The SMILES string of the molecule is C.Nc1ccccc1O.Nc1ccccc1O. The fourth-order valence-corrected chi connectivity index (χ4v) is 0.975. The second kappa shape index (κ2) is 7.00. The van der Waals surface area contributed by atoms with E-state index in [2.05, 4.69) is 0 Å². The maximum absolute atomic E-state index is 8.79. The Morgan fingerprint density at radius 3 is 1.12 bits per heavy atom. The quantitative estimate of drug-likeness (QED) is 0.416. The summed E-state index contributed by atoms with van der Waals surface area (Å²) in [6.07, 6.45) is 0. The van der Waals surface area contributed by atoms with E-state index in [-0.39, 0.29) is 18.9 Å². The summed E-state index contributed by atoms with van der Waals surface area (Å²) in [5.41, 5.74) is 11.4. The molecule has 0 aliphatic carbocycles. The van der Waals surface area contributed by atoms with Crippen molar-refractivity contribution < 1.29 is 10.2 Å². The predicted molar refractivity (Wildman–Crippen MR) is 71.8 cm³/mol. The predicted octanol–water partition coefficient (Wildman–Crippen LogP) is 2.58. The number of phenols is 2. The van der Waals surface area contributed by atoms with Gasteiger partial charge in [0, 0.05) is 0 Å². The minimum absolute atomic E-state index is 0. The number of nitrogens with two attached hydrogens (primary N) is 2. The summed E-state index contributed by atoms with van der Waals surface area (Å²) in [6, 6.07) is 13.4. The Bertz CT molecular complexity index is 373. The molecule has 0 bridgehead atoms. The van der Waals surface area contributed by atoms with E-state index in [1.54, 1.807) is 48.5 Å². The van der Waals surface area contributed by atoms with Crippen LogP contribution in [0.1, 0.15) is 7.43 Å². The highest BCUT2D eigenvalue weighted by Gasteiger charge is 1.88. The number of phenolic OH excluding ortho intramolecular Hbond substituents is 2. The molecule has 2 rings (SSSR count). The Labute approximate surface area is 101 Å². The summed E-state index contributed by atoms with van der Waals surface area (Å²) < 4.78 is 0. The van der Waals surface area contributed by atoms with E-state index < -0.39 is 0 Å². The van der Waals surface area contributed by atoms with Gasteiger partial charge in [-0.15, -0.1) is 0 Å². The topological polar surface area (TPSA) is 92.5 Å². The summed E-state index contributed by atoms with van der Waals surface area (Å²) >= 11 is 0. The van der Waals surface area contributed by atoms with Crippen molar-refractivity contribution >= 4 is 11.4 Å². The third-order valence-electron chi connectivity index (χ3n) is 1.87. The van der Waals surface area contributed by atoms with Gasteiger partial charge in [0.2, 0.25) is 0 Å². The van der Waals surface area contributed by atoms with Gasteiger partial charge in [-0.05, 0) is 24.3 Å². The van der Waals surface area contributed by atoms with Crippen molar-refractivity contribution in [3.8, 4) is 11.5 Å². The van der Waals surface area contributed by atoms with Crippen LogP contribution in [0.2, 0.25) is 0 Å². The highest BCUT2D eigenvalue weighted by atomic mass is 16.3. The first-order valence-electron chi connectivity index (χ1n) is 4.68. The lowest BCUT2D eigenvalue weighted by Gasteiger charge is -1.92. The molecule has 0 atom stereocenters. The molecule has 0 aliphatic rings. The van der Waals surface area contributed by atoms with Crippen LogP contribution in [-0.4, -0.2) is 10.2 Å². The monoisotopic (exact) mass is 234 g/mol. The minimum Gasteiger partial charge on any atom is -0.506 e. The van der Waals surface area contributed by atoms with Gasteiger partial charge in [-0.2, -0.15) is 0 Å². The van der Waals surface area contributed by atoms with Crippen LogP contribution in [0.25, 0.3) is 0 Å². The standard InChI is InChI=1S/2C6H7NO.CH4/c2*7-5-3-1-2-4-6(5)8;/h2*1-4,8H,7H2;1H4. The Hall–Kier alpha value is -2.36. The van der Waals surface area contributed by atoms with E-state index in [9.17, 15) is 0 Å². The molecule has 0 radical (unpaired) electrons. The van der Waals surface area contributed by atoms with Crippen LogP contribution in [-0.2, 0) is 0 Å². The lowest BCUT2D eigenvalue weighted by atomic mass is 10.3. The average Bonchev–Trinajstić information content (AvgIpc) is 2.28. The molecule has 0 aromatic heterocycles. The third kappa shape index (κ3) is 4.79. The number of nitrogen functional groups attached to an aromatic ring is 2. The summed E-state index contributed by atoms with van der Waals surface area (Å²) in [5, 5.41) is 17.6. The molecular formula is C13H18N2O2. The lowest BCUT2D eigenvalue weighted by Crippen LogP contribution is -1.82. The van der Waals surface area contributed by atoms with E-state index in [0.29, 0.717) is 11.4 Å². The van der Waals surface area contributed by atoms with Gasteiger partial charge in [0.15, 0.2) is 0 Å². The Kier molecular flexibility index (Phi) is 6.03. The summed E-state index contributed by atoms with van der Waals surface area (Å²) in [4.78, 5) is 0. The number of hydrogen-bond acceptors (Lipinski definition) is 4. The van der Waals surface area contributed by atoms with Crippen molar-refractivity contribution in [3.63, 3.8) is 0 Å². The molecule has 2 aromatic rings. The second-order valence-corrected chi connectivity index (χ2v) is 3.12. The summed E-state index contributed by atoms with van der Waals surface area (Å²) in [6.45, 7) is 0. The number of hydrogen-bond donors (Lipinski definition) is 4. The van der Waals surface area contributed by atoms with E-state index in [4.69, 9.17) is 21.7 Å². The van der Waals surface area contributed by atoms with Crippen molar-refractivity contribution in [2.24, 2.45) is 0 Å². The van der Waals surface area contributed by atoms with Crippen LogP contribution in [0.3, 0.4) is 0 Å². The van der Waals surface area contributed by atoms with E-state index in [0.717, 1.165) is 0 Å². The molecule has 0 heterocycles. The average molecular weight is 234 g/mol. The molecule has 2 aromatic carbocycles. The Morgan fingerprint density at radius 1 is 0.647 bits per heavy atom. The molecule has 92 valence electrons. The molecule has 0 fully saturated rings. The number of benzene rings is 2. The van der Waals surface area contributed by atoms with E-state index in [1.165, 1.54) is 0 Å². The number of anilines is 2. The van der Waals surface area contributed by atoms with Crippen LogP contribution >= 0.6 is 0 Å². The molecule has 4 nitrogen and oxygen atoms in total. The maximum Gasteiger partial charge on any atom is 0.138 e. The van der Waals surface area contributed by atoms with Crippen LogP contribution < -0.4 is 11.5 Å². The first-order chi connectivity index (χ1) is 7.61. The fourth-order valence-electron chi connectivity index (χ4n) is 0.975. The van der Waals surface area contributed by atoms with Crippen LogP contribution in [0.4, 0.5) is 11.4 Å². The summed E-state index contributed by atoms with van der Waals surface area (Å²) in [5.74, 6) is 0.292. The van der Waals surface area contributed by atoms with E-state index >= 15 is 0 Å².